The first kappa shape index (κ1) is 12.7. The highest BCUT2D eigenvalue weighted by atomic mass is 35.5. The lowest BCUT2D eigenvalue weighted by Gasteiger charge is -1.98. The molecule has 0 aliphatic heterocycles. The number of carbonyl (C=O) groups is 1. The maximum absolute atomic E-state index is 10.7. The van der Waals surface area contributed by atoms with Crippen molar-refractivity contribution in [2.24, 2.45) is 0 Å². The minimum absolute atomic E-state index is 0.0348. The van der Waals surface area contributed by atoms with Gasteiger partial charge in [0.1, 0.15) is 5.69 Å². The molecule has 1 aromatic heterocycles. The zero-order chi connectivity index (χ0) is 14.1. The zero-order valence-electron chi connectivity index (χ0n) is 10.3. The van der Waals surface area contributed by atoms with Crippen LogP contribution in [0.5, 0.6) is 0 Å². The molecule has 0 atom stereocenters. The van der Waals surface area contributed by atoms with Gasteiger partial charge in [0.2, 0.25) is 0 Å². The van der Waals surface area contributed by atoms with Crippen LogP contribution in [-0.4, -0.2) is 16.2 Å². The molecular weight excluding hydrogens is 278 g/mol. The average Bonchev–Trinajstić information content (AvgIpc) is 2.82. The summed E-state index contributed by atoms with van der Waals surface area (Å²) in [6.07, 6.45) is -0.0348. The summed E-state index contributed by atoms with van der Waals surface area (Å²) in [5.74, 6) is -0.873. The molecule has 0 saturated carbocycles. The molecule has 1 heterocycles. The summed E-state index contributed by atoms with van der Waals surface area (Å²) in [6.45, 7) is 0. The van der Waals surface area contributed by atoms with Crippen LogP contribution in [0, 0.1) is 0 Å². The van der Waals surface area contributed by atoms with Gasteiger partial charge >= 0.3 is 5.97 Å². The summed E-state index contributed by atoms with van der Waals surface area (Å²) in [7, 11) is 0. The van der Waals surface area contributed by atoms with E-state index in [-0.39, 0.29) is 6.42 Å². The lowest BCUT2D eigenvalue weighted by atomic mass is 10.1. The molecule has 3 aromatic rings. The molecule has 5 heteroatoms. The minimum Gasteiger partial charge on any atom is -0.481 e. The maximum atomic E-state index is 10.7. The highest BCUT2D eigenvalue weighted by molar-refractivity contribution is 6.30. The van der Waals surface area contributed by atoms with Crippen molar-refractivity contribution in [2.75, 3.05) is 0 Å². The van der Waals surface area contributed by atoms with E-state index in [0.717, 1.165) is 16.6 Å². The van der Waals surface area contributed by atoms with Gasteiger partial charge in [-0.3, -0.25) is 4.79 Å². The number of carboxylic acids is 1. The highest BCUT2D eigenvalue weighted by Crippen LogP contribution is 2.29. The summed E-state index contributed by atoms with van der Waals surface area (Å²) in [5, 5.41) is 14.3. The van der Waals surface area contributed by atoms with E-state index in [1.54, 1.807) is 24.3 Å². The van der Waals surface area contributed by atoms with Crippen molar-refractivity contribution < 1.29 is 14.4 Å². The van der Waals surface area contributed by atoms with Crippen molar-refractivity contribution >= 4 is 28.5 Å². The van der Waals surface area contributed by atoms with Crippen LogP contribution in [0.25, 0.3) is 22.2 Å². The summed E-state index contributed by atoms with van der Waals surface area (Å²) < 4.78 is 5.28. The summed E-state index contributed by atoms with van der Waals surface area (Å²) in [6, 6.07) is 12.6. The predicted molar refractivity (Wildman–Crippen MR) is 75.8 cm³/mol. The number of aromatic nitrogens is 1. The Balaban J connectivity index is 2.05. The van der Waals surface area contributed by atoms with Crippen LogP contribution in [0.15, 0.2) is 47.0 Å². The summed E-state index contributed by atoms with van der Waals surface area (Å²) in [5.41, 5.74) is 2.88. The Labute approximate surface area is 119 Å². The van der Waals surface area contributed by atoms with Crippen molar-refractivity contribution in [1.29, 1.82) is 0 Å². The van der Waals surface area contributed by atoms with Crippen LogP contribution in [0.4, 0.5) is 0 Å². The van der Waals surface area contributed by atoms with E-state index in [9.17, 15) is 4.79 Å². The molecular formula is C15H10ClNO3. The van der Waals surface area contributed by atoms with Crippen molar-refractivity contribution in [3.63, 3.8) is 0 Å². The van der Waals surface area contributed by atoms with Crippen LogP contribution in [0.3, 0.4) is 0 Å². The first-order chi connectivity index (χ1) is 9.63. The molecule has 0 radical (unpaired) electrons. The maximum Gasteiger partial charge on any atom is 0.307 e. The van der Waals surface area contributed by atoms with E-state index in [4.69, 9.17) is 21.2 Å². The van der Waals surface area contributed by atoms with Gasteiger partial charge in [0.25, 0.3) is 0 Å². The van der Waals surface area contributed by atoms with Gasteiger partial charge in [-0.1, -0.05) is 35.0 Å². The Kier molecular flexibility index (Phi) is 3.16. The average molecular weight is 288 g/mol. The van der Waals surface area contributed by atoms with Crippen LogP contribution >= 0.6 is 11.6 Å². The third kappa shape index (κ3) is 2.38. The molecule has 0 bridgehead atoms. The van der Waals surface area contributed by atoms with Gasteiger partial charge in [-0.2, -0.15) is 0 Å². The number of halogens is 1. The van der Waals surface area contributed by atoms with Gasteiger partial charge in [-0.15, -0.1) is 0 Å². The van der Waals surface area contributed by atoms with Crippen LogP contribution in [0.2, 0.25) is 5.02 Å². The van der Waals surface area contributed by atoms with Crippen molar-refractivity contribution in [3.05, 3.63) is 53.1 Å². The van der Waals surface area contributed by atoms with Gasteiger partial charge in [-0.05, 0) is 29.8 Å². The lowest BCUT2D eigenvalue weighted by molar-refractivity contribution is -0.136. The third-order valence-electron chi connectivity index (χ3n) is 3.01. The van der Waals surface area contributed by atoms with Crippen molar-refractivity contribution in [2.45, 2.75) is 6.42 Å². The number of carboxylic acid groups (broad SMARTS) is 1. The van der Waals surface area contributed by atoms with Crippen molar-refractivity contribution in [1.82, 2.24) is 5.16 Å². The van der Waals surface area contributed by atoms with E-state index in [1.807, 2.05) is 18.2 Å². The number of aliphatic carboxylic acids is 1. The Morgan fingerprint density at radius 2 is 1.95 bits per heavy atom. The molecule has 0 unspecified atom stereocenters. The smallest absolute Gasteiger partial charge is 0.307 e. The van der Waals surface area contributed by atoms with Gasteiger partial charge < -0.3 is 9.63 Å². The second-order valence-electron chi connectivity index (χ2n) is 4.44. The van der Waals surface area contributed by atoms with E-state index >= 15 is 0 Å². The van der Waals surface area contributed by atoms with Crippen LogP contribution in [0.1, 0.15) is 5.56 Å². The van der Waals surface area contributed by atoms with Crippen LogP contribution in [-0.2, 0) is 11.2 Å². The molecule has 20 heavy (non-hydrogen) atoms. The molecule has 1 N–H and O–H groups in total. The molecule has 0 saturated heterocycles. The highest BCUT2D eigenvalue weighted by Gasteiger charge is 2.11. The van der Waals surface area contributed by atoms with Gasteiger partial charge in [0, 0.05) is 16.0 Å². The number of hydrogen-bond acceptors (Lipinski definition) is 3. The van der Waals surface area contributed by atoms with Gasteiger partial charge in [-0.25, -0.2) is 0 Å². The number of rotatable bonds is 3. The Hall–Kier alpha value is -2.33. The third-order valence-corrected chi connectivity index (χ3v) is 3.26. The zero-order valence-corrected chi connectivity index (χ0v) is 11.1. The first-order valence-corrected chi connectivity index (χ1v) is 6.37. The van der Waals surface area contributed by atoms with Crippen LogP contribution < -0.4 is 0 Å². The second-order valence-corrected chi connectivity index (χ2v) is 4.88. The van der Waals surface area contributed by atoms with E-state index in [2.05, 4.69) is 5.16 Å². The standard InChI is InChI=1S/C15H10ClNO3/c16-11-4-2-10(3-5-11)15-12-6-1-9(8-14(18)19)7-13(12)20-17-15/h1-7H,8H2,(H,18,19). The largest absolute Gasteiger partial charge is 0.481 e. The monoisotopic (exact) mass is 287 g/mol. The lowest BCUT2D eigenvalue weighted by Crippen LogP contribution is -1.99. The molecule has 2 aromatic carbocycles. The van der Waals surface area contributed by atoms with Gasteiger partial charge in [0.15, 0.2) is 5.58 Å². The normalized spacial score (nSPS) is 10.8. The van der Waals surface area contributed by atoms with Gasteiger partial charge in [0.05, 0.1) is 6.42 Å². The topological polar surface area (TPSA) is 63.3 Å². The molecule has 100 valence electrons. The fourth-order valence-corrected chi connectivity index (χ4v) is 2.21. The van der Waals surface area contributed by atoms with E-state index < -0.39 is 5.97 Å². The van der Waals surface area contributed by atoms with E-state index in [1.165, 1.54) is 0 Å². The number of fused-ring (bicyclic) bond motifs is 1. The molecule has 0 aliphatic rings. The summed E-state index contributed by atoms with van der Waals surface area (Å²) in [4.78, 5) is 10.7. The molecule has 0 aliphatic carbocycles. The van der Waals surface area contributed by atoms with Crippen molar-refractivity contribution in [3.8, 4) is 11.3 Å². The Bertz CT molecular complexity index is 777. The number of hydrogen-bond donors (Lipinski definition) is 1. The molecule has 0 fully saturated rings. The fourth-order valence-electron chi connectivity index (χ4n) is 2.08. The van der Waals surface area contributed by atoms with E-state index in [0.29, 0.717) is 16.2 Å². The minimum atomic E-state index is -0.873. The number of benzene rings is 2. The predicted octanol–water partition coefficient (Wildman–Crippen LogP) is 3.78. The Morgan fingerprint density at radius 1 is 1.20 bits per heavy atom. The molecule has 4 nitrogen and oxygen atoms in total. The fraction of sp³-hybridized carbons (Fsp3) is 0.0667. The number of nitrogens with zero attached hydrogens (tertiary/aromatic N) is 1. The first-order valence-electron chi connectivity index (χ1n) is 5.99. The second kappa shape index (κ2) is 4.98. The Morgan fingerprint density at radius 3 is 2.65 bits per heavy atom. The SMILES string of the molecule is O=C(O)Cc1ccc2c(-c3ccc(Cl)cc3)noc2c1. The molecule has 0 spiro atoms. The summed E-state index contributed by atoms with van der Waals surface area (Å²) >= 11 is 5.86. The quantitative estimate of drug-likeness (QED) is 0.796. The molecule has 0 amide bonds. The molecule has 3 rings (SSSR count).